The van der Waals surface area contributed by atoms with Crippen LogP contribution in [0.3, 0.4) is 0 Å². The van der Waals surface area contributed by atoms with Crippen molar-refractivity contribution in [2.75, 3.05) is 44.4 Å². The van der Waals surface area contributed by atoms with Gasteiger partial charge in [0.1, 0.15) is 6.61 Å². The fourth-order valence-corrected chi connectivity index (χ4v) is 4.64. The van der Waals surface area contributed by atoms with Crippen molar-refractivity contribution in [3.05, 3.63) is 53.6 Å². The Morgan fingerprint density at radius 2 is 2.07 bits per heavy atom. The van der Waals surface area contributed by atoms with Gasteiger partial charge >= 0.3 is 0 Å². The minimum atomic E-state index is -0.0426. The zero-order valence-electron chi connectivity index (χ0n) is 17.2. The number of carbonyl (C=O) groups excluding carboxylic acids is 1. The summed E-state index contributed by atoms with van der Waals surface area (Å²) < 4.78 is 5.90. The molecule has 0 aromatic heterocycles. The molecule has 2 aromatic rings. The number of hydrogen-bond donors (Lipinski definition) is 1. The summed E-state index contributed by atoms with van der Waals surface area (Å²) in [5, 5.41) is 3.18. The molecule has 2 heterocycles. The van der Waals surface area contributed by atoms with E-state index < -0.39 is 0 Å². The number of ether oxygens (including phenoxy) is 1. The third-order valence-corrected chi connectivity index (χ3v) is 6.54. The maximum Gasteiger partial charge on any atom is 0.255 e. The van der Waals surface area contributed by atoms with Gasteiger partial charge in [-0.3, -0.25) is 9.69 Å². The maximum atomic E-state index is 13.1. The summed E-state index contributed by atoms with van der Waals surface area (Å²) in [6.45, 7) is 4.13. The van der Waals surface area contributed by atoms with Crippen LogP contribution >= 0.6 is 11.8 Å². The molecule has 0 radical (unpaired) electrons. The number of likely N-dealkylation sites (tertiary alicyclic amines) is 1. The number of nitrogens with one attached hydrogen (secondary N) is 1. The first-order valence-electron chi connectivity index (χ1n) is 10.3. The molecule has 0 bridgehead atoms. The van der Waals surface area contributed by atoms with Crippen molar-refractivity contribution in [3.8, 4) is 5.75 Å². The highest BCUT2D eigenvalue weighted by Crippen LogP contribution is 2.38. The second-order valence-electron chi connectivity index (χ2n) is 7.76. The van der Waals surface area contributed by atoms with E-state index in [1.165, 1.54) is 12.0 Å². The van der Waals surface area contributed by atoms with Crippen LogP contribution in [0.4, 0.5) is 5.69 Å². The Morgan fingerprint density at radius 1 is 1.24 bits per heavy atom. The van der Waals surface area contributed by atoms with E-state index in [0.29, 0.717) is 30.5 Å². The molecule has 1 amide bonds. The molecule has 1 atom stereocenters. The molecule has 6 heteroatoms. The predicted molar refractivity (Wildman–Crippen MR) is 119 cm³/mol. The fraction of sp³-hybridized carbons (Fsp3) is 0.435. The summed E-state index contributed by atoms with van der Waals surface area (Å²) >= 11 is 1.65. The van der Waals surface area contributed by atoms with Crippen LogP contribution in [-0.4, -0.2) is 56.4 Å². The smallest absolute Gasteiger partial charge is 0.255 e. The normalized spacial score (nSPS) is 19.0. The van der Waals surface area contributed by atoms with Crippen molar-refractivity contribution in [2.45, 2.75) is 30.3 Å². The molecule has 1 saturated heterocycles. The Balaban J connectivity index is 1.45. The second-order valence-corrected chi connectivity index (χ2v) is 8.64. The standard InChI is InChI=1S/C23H29N3O2S/c1-25-11-12-28-22-20(13-19(29-2)14-21(22)25)23(27)24-15-18-9-6-10-26(18)16-17-7-4-3-5-8-17/h3-5,7-8,13-14,18H,6,9-12,15-16H2,1-2H3,(H,24,27)/t18-/m0/s1. The van der Waals surface area contributed by atoms with Crippen molar-refractivity contribution >= 4 is 23.4 Å². The van der Waals surface area contributed by atoms with Gasteiger partial charge in [-0.25, -0.2) is 0 Å². The summed E-state index contributed by atoms with van der Waals surface area (Å²) in [5.41, 5.74) is 2.97. The molecule has 29 heavy (non-hydrogen) atoms. The van der Waals surface area contributed by atoms with Crippen LogP contribution < -0.4 is 15.0 Å². The van der Waals surface area contributed by atoms with Crippen molar-refractivity contribution in [1.29, 1.82) is 0 Å². The third kappa shape index (κ3) is 4.54. The van der Waals surface area contributed by atoms with E-state index in [9.17, 15) is 4.79 Å². The minimum Gasteiger partial charge on any atom is -0.489 e. The Kier molecular flexibility index (Phi) is 6.31. The average Bonchev–Trinajstić information content (AvgIpc) is 3.19. The van der Waals surface area contributed by atoms with Crippen LogP contribution in [0.2, 0.25) is 0 Å². The van der Waals surface area contributed by atoms with Gasteiger partial charge in [0, 0.05) is 31.1 Å². The zero-order chi connectivity index (χ0) is 20.2. The Labute approximate surface area is 177 Å². The van der Waals surface area contributed by atoms with Crippen molar-refractivity contribution in [2.24, 2.45) is 0 Å². The molecule has 2 aliphatic rings. The molecular weight excluding hydrogens is 382 g/mol. The lowest BCUT2D eigenvalue weighted by Gasteiger charge is -2.30. The molecule has 2 aliphatic heterocycles. The number of amides is 1. The second kappa shape index (κ2) is 9.09. The van der Waals surface area contributed by atoms with E-state index >= 15 is 0 Å². The van der Waals surface area contributed by atoms with Gasteiger partial charge in [-0.1, -0.05) is 30.3 Å². The van der Waals surface area contributed by atoms with Gasteiger partial charge < -0.3 is 15.0 Å². The Hall–Kier alpha value is -2.18. The number of nitrogens with zero attached hydrogens (tertiary/aromatic N) is 2. The number of rotatable bonds is 6. The number of thioether (sulfide) groups is 1. The molecule has 0 unspecified atom stereocenters. The largest absolute Gasteiger partial charge is 0.489 e. The van der Waals surface area contributed by atoms with Gasteiger partial charge in [-0.05, 0) is 43.3 Å². The van der Waals surface area contributed by atoms with Gasteiger partial charge in [0.2, 0.25) is 0 Å². The first kappa shape index (κ1) is 20.1. The SMILES string of the molecule is CSc1cc(C(=O)NC[C@@H]2CCCN2Cc2ccccc2)c2c(c1)N(C)CCO2. The molecule has 1 N–H and O–H groups in total. The van der Waals surface area contributed by atoms with Crippen molar-refractivity contribution in [3.63, 3.8) is 0 Å². The summed E-state index contributed by atoms with van der Waals surface area (Å²) in [7, 11) is 2.05. The fourth-order valence-electron chi connectivity index (χ4n) is 4.17. The summed E-state index contributed by atoms with van der Waals surface area (Å²) in [6, 6.07) is 15.0. The van der Waals surface area contributed by atoms with Gasteiger partial charge in [-0.15, -0.1) is 11.8 Å². The molecule has 0 spiro atoms. The van der Waals surface area contributed by atoms with Gasteiger partial charge in [0.25, 0.3) is 5.91 Å². The highest BCUT2D eigenvalue weighted by molar-refractivity contribution is 7.98. The van der Waals surface area contributed by atoms with Gasteiger partial charge in [0.05, 0.1) is 17.8 Å². The zero-order valence-corrected chi connectivity index (χ0v) is 18.0. The van der Waals surface area contributed by atoms with Crippen molar-refractivity contribution in [1.82, 2.24) is 10.2 Å². The van der Waals surface area contributed by atoms with Gasteiger partial charge in [-0.2, -0.15) is 0 Å². The molecule has 154 valence electrons. The monoisotopic (exact) mass is 411 g/mol. The number of hydrogen-bond acceptors (Lipinski definition) is 5. The van der Waals surface area contributed by atoms with E-state index in [1.807, 2.05) is 25.4 Å². The average molecular weight is 412 g/mol. The summed E-state index contributed by atoms with van der Waals surface area (Å²) in [4.78, 5) is 18.8. The quantitative estimate of drug-likeness (QED) is 0.736. The van der Waals surface area contributed by atoms with Crippen molar-refractivity contribution < 1.29 is 9.53 Å². The lowest BCUT2D eigenvalue weighted by Crippen LogP contribution is -2.40. The lowest BCUT2D eigenvalue weighted by molar-refractivity contribution is 0.0935. The Morgan fingerprint density at radius 3 is 2.86 bits per heavy atom. The highest BCUT2D eigenvalue weighted by Gasteiger charge is 2.27. The first-order chi connectivity index (χ1) is 14.2. The van der Waals surface area contributed by atoms with Crippen LogP contribution in [0.25, 0.3) is 0 Å². The number of benzene rings is 2. The Bertz CT molecular complexity index is 859. The first-order valence-corrected chi connectivity index (χ1v) is 11.5. The molecule has 4 rings (SSSR count). The number of fused-ring (bicyclic) bond motifs is 1. The maximum absolute atomic E-state index is 13.1. The highest BCUT2D eigenvalue weighted by atomic mass is 32.2. The number of anilines is 1. The number of carbonyl (C=O) groups is 1. The lowest BCUT2D eigenvalue weighted by atomic mass is 10.1. The molecule has 0 saturated carbocycles. The predicted octanol–water partition coefficient (Wildman–Crippen LogP) is 3.63. The molecule has 0 aliphatic carbocycles. The third-order valence-electron chi connectivity index (χ3n) is 5.83. The van der Waals surface area contributed by atoms with E-state index in [1.54, 1.807) is 11.8 Å². The van der Waals surface area contributed by atoms with Crippen LogP contribution in [0.1, 0.15) is 28.8 Å². The minimum absolute atomic E-state index is 0.0426. The molecular formula is C23H29N3O2S. The molecule has 5 nitrogen and oxygen atoms in total. The summed E-state index contributed by atoms with van der Waals surface area (Å²) in [5.74, 6) is 0.667. The van der Waals surface area contributed by atoms with Gasteiger partial charge in [0.15, 0.2) is 5.75 Å². The van der Waals surface area contributed by atoms with E-state index in [2.05, 4.69) is 45.4 Å². The number of likely N-dealkylation sites (N-methyl/N-ethyl adjacent to an activating group) is 1. The van der Waals surface area contributed by atoms with E-state index in [4.69, 9.17) is 4.74 Å². The molecule has 2 aromatic carbocycles. The van der Waals surface area contributed by atoms with Crippen LogP contribution in [-0.2, 0) is 6.54 Å². The molecule has 1 fully saturated rings. The van der Waals surface area contributed by atoms with Crippen LogP contribution in [0.5, 0.6) is 5.75 Å². The van der Waals surface area contributed by atoms with E-state index in [-0.39, 0.29) is 5.91 Å². The topological polar surface area (TPSA) is 44.8 Å². The van der Waals surface area contributed by atoms with E-state index in [0.717, 1.165) is 36.6 Å². The summed E-state index contributed by atoms with van der Waals surface area (Å²) in [6.07, 6.45) is 4.33. The van der Waals surface area contributed by atoms with Crippen LogP contribution in [0.15, 0.2) is 47.4 Å². The van der Waals surface area contributed by atoms with Crippen LogP contribution in [0, 0.1) is 0 Å².